The SMILES string of the molecule is CCCNC(=O)N1CCC2(CCOc3cc(C(C)C)ccc3S(=O)(=O)N3C[C@H](O)C[C@H]3C(=O)N2)CC1. The minimum Gasteiger partial charge on any atom is -0.492 e. The van der Waals surface area contributed by atoms with Crippen LogP contribution >= 0.6 is 0 Å². The summed E-state index contributed by atoms with van der Waals surface area (Å²) < 4.78 is 34.6. The van der Waals surface area contributed by atoms with Gasteiger partial charge in [-0.25, -0.2) is 13.2 Å². The molecule has 3 N–H and O–H groups in total. The second-order valence-corrected chi connectivity index (χ2v) is 12.3. The summed E-state index contributed by atoms with van der Waals surface area (Å²) in [5.74, 6) is 0.0300. The fourth-order valence-corrected chi connectivity index (χ4v) is 6.99. The molecule has 1 aromatic rings. The number of sulfonamides is 1. The van der Waals surface area contributed by atoms with Gasteiger partial charge in [0, 0.05) is 44.6 Å². The van der Waals surface area contributed by atoms with E-state index in [1.165, 1.54) is 0 Å². The third-order valence-electron chi connectivity index (χ3n) is 7.52. The number of hydrogen-bond acceptors (Lipinski definition) is 6. The fraction of sp³-hybridized carbons (Fsp3) is 0.680. The number of benzene rings is 1. The van der Waals surface area contributed by atoms with Crippen molar-refractivity contribution in [2.45, 2.75) is 81.4 Å². The highest BCUT2D eigenvalue weighted by atomic mass is 32.2. The van der Waals surface area contributed by atoms with Crippen LogP contribution < -0.4 is 15.4 Å². The second kappa shape index (κ2) is 10.5. The fourth-order valence-electron chi connectivity index (χ4n) is 5.24. The van der Waals surface area contributed by atoms with Crippen LogP contribution in [0.25, 0.3) is 0 Å². The zero-order chi connectivity index (χ0) is 26.1. The van der Waals surface area contributed by atoms with E-state index in [0.717, 1.165) is 16.3 Å². The maximum absolute atomic E-state index is 13.7. The summed E-state index contributed by atoms with van der Waals surface area (Å²) in [5.41, 5.74) is 0.314. The Kier molecular flexibility index (Phi) is 7.82. The van der Waals surface area contributed by atoms with Crippen molar-refractivity contribution in [3.63, 3.8) is 0 Å². The first-order valence-corrected chi connectivity index (χ1v) is 14.3. The number of carbonyl (C=O) groups is 2. The molecule has 2 atom stereocenters. The van der Waals surface area contributed by atoms with Gasteiger partial charge in [-0.1, -0.05) is 26.8 Å². The van der Waals surface area contributed by atoms with E-state index in [9.17, 15) is 23.1 Å². The van der Waals surface area contributed by atoms with Crippen LogP contribution in [-0.2, 0) is 14.8 Å². The summed E-state index contributed by atoms with van der Waals surface area (Å²) in [6.45, 7) is 7.67. The van der Waals surface area contributed by atoms with E-state index in [1.807, 2.05) is 20.8 Å². The lowest BCUT2D eigenvalue weighted by Crippen LogP contribution is -2.60. The van der Waals surface area contributed by atoms with E-state index < -0.39 is 33.6 Å². The minimum absolute atomic E-state index is 0.0113. The Hall–Kier alpha value is -2.37. The molecule has 36 heavy (non-hydrogen) atoms. The zero-order valence-electron chi connectivity index (χ0n) is 21.3. The Bertz CT molecular complexity index is 1080. The van der Waals surface area contributed by atoms with Crippen LogP contribution in [0.15, 0.2) is 23.1 Å². The van der Waals surface area contributed by atoms with Crippen LogP contribution in [0, 0.1) is 0 Å². The Labute approximate surface area is 213 Å². The number of nitrogens with one attached hydrogen (secondary N) is 2. The van der Waals surface area contributed by atoms with Crippen molar-refractivity contribution in [3.05, 3.63) is 23.8 Å². The molecule has 3 heterocycles. The number of aliphatic hydroxyl groups excluding tert-OH is 1. The van der Waals surface area contributed by atoms with Crippen molar-refractivity contribution in [1.29, 1.82) is 0 Å². The molecule has 0 saturated carbocycles. The summed E-state index contributed by atoms with van der Waals surface area (Å²) in [7, 11) is -4.09. The molecule has 1 aromatic carbocycles. The maximum atomic E-state index is 13.7. The molecule has 4 rings (SSSR count). The van der Waals surface area contributed by atoms with E-state index >= 15 is 0 Å². The van der Waals surface area contributed by atoms with Gasteiger partial charge in [-0.05, 0) is 42.9 Å². The Balaban J connectivity index is 1.65. The highest BCUT2D eigenvalue weighted by Gasteiger charge is 2.47. The average molecular weight is 523 g/mol. The highest BCUT2D eigenvalue weighted by molar-refractivity contribution is 7.89. The summed E-state index contributed by atoms with van der Waals surface area (Å²) in [6, 6.07) is 3.95. The van der Waals surface area contributed by atoms with Crippen molar-refractivity contribution >= 4 is 22.0 Å². The van der Waals surface area contributed by atoms with Crippen LogP contribution in [-0.4, -0.2) is 85.1 Å². The number of nitrogens with zero attached hydrogens (tertiary/aromatic N) is 2. The number of ether oxygens (including phenoxy) is 1. The van der Waals surface area contributed by atoms with Gasteiger partial charge in [0.2, 0.25) is 15.9 Å². The maximum Gasteiger partial charge on any atom is 0.317 e. The van der Waals surface area contributed by atoms with E-state index in [2.05, 4.69) is 10.6 Å². The van der Waals surface area contributed by atoms with Gasteiger partial charge >= 0.3 is 6.03 Å². The molecular weight excluding hydrogens is 484 g/mol. The molecule has 3 aliphatic heterocycles. The van der Waals surface area contributed by atoms with Crippen LogP contribution in [0.3, 0.4) is 0 Å². The van der Waals surface area contributed by atoms with Crippen LogP contribution in [0.5, 0.6) is 5.75 Å². The van der Waals surface area contributed by atoms with E-state index in [4.69, 9.17) is 4.74 Å². The Morgan fingerprint density at radius 3 is 2.67 bits per heavy atom. The molecule has 11 heteroatoms. The van der Waals surface area contributed by atoms with Gasteiger partial charge in [0.05, 0.1) is 12.7 Å². The number of amides is 3. The number of hydrogen-bond donors (Lipinski definition) is 3. The molecule has 0 aromatic heterocycles. The predicted molar refractivity (Wildman–Crippen MR) is 134 cm³/mol. The standard InChI is InChI=1S/C25H38N4O6S/c1-4-10-26-24(32)28-11-7-25(8-12-28)9-13-35-21-14-18(17(2)3)5-6-22(21)36(33,34)29-16-19(30)15-20(29)23(31)27-25/h5-6,14,17,19-20,30H,4,7-13,15-16H2,1-3H3,(H,26,32)(H,27,31)/t19-,20+/m1/s1. The van der Waals surface area contributed by atoms with Crippen LogP contribution in [0.1, 0.15) is 64.4 Å². The molecule has 2 saturated heterocycles. The van der Waals surface area contributed by atoms with Gasteiger partial charge in [0.15, 0.2) is 0 Å². The second-order valence-electron chi connectivity index (χ2n) is 10.4. The molecule has 200 valence electrons. The van der Waals surface area contributed by atoms with Gasteiger partial charge in [-0.15, -0.1) is 0 Å². The molecule has 10 nitrogen and oxygen atoms in total. The van der Waals surface area contributed by atoms with Crippen LogP contribution in [0.4, 0.5) is 4.79 Å². The van der Waals surface area contributed by atoms with Gasteiger partial charge < -0.3 is 25.4 Å². The topological polar surface area (TPSA) is 128 Å². The van der Waals surface area contributed by atoms with Crippen molar-refractivity contribution in [3.8, 4) is 5.75 Å². The third-order valence-corrected chi connectivity index (χ3v) is 9.43. The first-order valence-electron chi connectivity index (χ1n) is 12.9. The number of carbonyl (C=O) groups excluding carboxylic acids is 2. The number of fused-ring (bicyclic) bond motifs is 2. The predicted octanol–water partition coefficient (Wildman–Crippen LogP) is 1.79. The molecular formula is C25H38N4O6S. The van der Waals surface area contributed by atoms with E-state index in [-0.39, 0.29) is 42.2 Å². The van der Waals surface area contributed by atoms with Crippen molar-refractivity contribution in [2.75, 3.05) is 32.8 Å². The number of aliphatic hydroxyl groups is 1. The van der Waals surface area contributed by atoms with Gasteiger partial charge in [0.25, 0.3) is 0 Å². The molecule has 0 aliphatic carbocycles. The largest absolute Gasteiger partial charge is 0.492 e. The number of rotatable bonds is 3. The zero-order valence-corrected chi connectivity index (χ0v) is 22.1. The van der Waals surface area contributed by atoms with Crippen molar-refractivity contribution in [1.82, 2.24) is 19.8 Å². The summed E-state index contributed by atoms with van der Waals surface area (Å²) in [6.07, 6.45) is 1.49. The molecule has 0 radical (unpaired) electrons. The lowest BCUT2D eigenvalue weighted by molar-refractivity contribution is -0.127. The molecule has 0 bridgehead atoms. The molecule has 3 aliphatic rings. The van der Waals surface area contributed by atoms with Gasteiger partial charge in [-0.2, -0.15) is 4.31 Å². The Morgan fingerprint density at radius 1 is 1.28 bits per heavy atom. The quantitative estimate of drug-likeness (QED) is 0.555. The number of likely N-dealkylation sites (tertiary alicyclic amines) is 1. The summed E-state index contributed by atoms with van der Waals surface area (Å²) in [5, 5.41) is 16.4. The molecule has 0 unspecified atom stereocenters. The molecule has 3 amide bonds. The Morgan fingerprint density at radius 2 is 2.00 bits per heavy atom. The van der Waals surface area contributed by atoms with Crippen LogP contribution in [0.2, 0.25) is 0 Å². The monoisotopic (exact) mass is 522 g/mol. The smallest absolute Gasteiger partial charge is 0.317 e. The van der Waals surface area contributed by atoms with Crippen molar-refractivity contribution < 1.29 is 27.9 Å². The lowest BCUT2D eigenvalue weighted by Gasteiger charge is -2.43. The first kappa shape index (κ1) is 26.7. The number of piperidine rings is 1. The van der Waals surface area contributed by atoms with Crippen molar-refractivity contribution in [2.24, 2.45) is 0 Å². The van der Waals surface area contributed by atoms with Gasteiger partial charge in [-0.3, -0.25) is 4.79 Å². The third kappa shape index (κ3) is 5.33. The minimum atomic E-state index is -4.09. The van der Waals surface area contributed by atoms with E-state index in [0.29, 0.717) is 38.9 Å². The number of urea groups is 1. The highest BCUT2D eigenvalue weighted by Crippen LogP contribution is 2.36. The summed E-state index contributed by atoms with van der Waals surface area (Å²) >= 11 is 0. The molecule has 1 spiro atoms. The lowest BCUT2D eigenvalue weighted by atomic mass is 9.84. The summed E-state index contributed by atoms with van der Waals surface area (Å²) in [4.78, 5) is 27.7. The normalized spacial score (nSPS) is 25.9. The average Bonchev–Trinajstić information content (AvgIpc) is 3.25. The van der Waals surface area contributed by atoms with E-state index in [1.54, 1.807) is 23.1 Å². The first-order chi connectivity index (χ1) is 17.1. The van der Waals surface area contributed by atoms with Gasteiger partial charge in [0.1, 0.15) is 16.7 Å². The molecule has 2 fully saturated rings.